The second kappa shape index (κ2) is 6.66. The summed E-state index contributed by atoms with van der Waals surface area (Å²) < 4.78 is 1.27. The molecular weight excluding hydrogens is 348 g/mol. The van der Waals surface area contributed by atoms with E-state index in [4.69, 9.17) is 0 Å². The lowest BCUT2D eigenvalue weighted by Gasteiger charge is -2.25. The molecule has 1 saturated carbocycles. The van der Waals surface area contributed by atoms with Crippen molar-refractivity contribution in [1.29, 1.82) is 0 Å². The Morgan fingerprint density at radius 1 is 1.27 bits per heavy atom. The monoisotopic (exact) mass is 368 g/mol. The van der Waals surface area contributed by atoms with Gasteiger partial charge in [0.15, 0.2) is 10.7 Å². The fourth-order valence-corrected chi connectivity index (χ4v) is 3.85. The van der Waals surface area contributed by atoms with E-state index in [0.29, 0.717) is 17.4 Å². The summed E-state index contributed by atoms with van der Waals surface area (Å²) in [5.74, 6) is 0.0312. The van der Waals surface area contributed by atoms with Crippen LogP contribution in [0.3, 0.4) is 0 Å². The topological polar surface area (TPSA) is 87.1 Å². The Balaban J connectivity index is 0.000000131. The molecule has 3 N–H and O–H groups in total. The van der Waals surface area contributed by atoms with Crippen molar-refractivity contribution in [3.8, 4) is 0 Å². The molecule has 1 aliphatic carbocycles. The van der Waals surface area contributed by atoms with Crippen LogP contribution in [0.1, 0.15) is 31.7 Å². The molecule has 0 saturated heterocycles. The number of rotatable bonds is 2. The van der Waals surface area contributed by atoms with Crippen molar-refractivity contribution in [2.75, 3.05) is 10.6 Å². The van der Waals surface area contributed by atoms with Gasteiger partial charge in [-0.15, -0.1) is 0 Å². The predicted molar refractivity (Wildman–Crippen MR) is 103 cm³/mol. The number of aromatic nitrogens is 2. The van der Waals surface area contributed by atoms with E-state index in [1.54, 1.807) is 29.7 Å². The minimum Gasteiger partial charge on any atom is -0.375 e. The van der Waals surface area contributed by atoms with Crippen molar-refractivity contribution in [3.63, 3.8) is 0 Å². The number of carbonyl (C=O) groups is 1. The molecule has 3 heterocycles. The van der Waals surface area contributed by atoms with E-state index in [9.17, 15) is 9.90 Å². The minimum absolute atomic E-state index is 0.420. The number of thiazole rings is 1. The zero-order chi connectivity index (χ0) is 18.1. The first-order valence-electron chi connectivity index (χ1n) is 8.65. The number of hydrogen-bond donors (Lipinski definition) is 3. The second-order valence-electron chi connectivity index (χ2n) is 6.68. The highest BCUT2D eigenvalue weighted by Crippen LogP contribution is 2.33. The van der Waals surface area contributed by atoms with Crippen LogP contribution >= 0.6 is 11.3 Å². The summed E-state index contributed by atoms with van der Waals surface area (Å²) in [7, 11) is 0. The maximum atomic E-state index is 11.2. The predicted octanol–water partition coefficient (Wildman–Crippen LogP) is 3.50. The van der Waals surface area contributed by atoms with E-state index in [1.807, 2.05) is 6.07 Å². The summed E-state index contributed by atoms with van der Waals surface area (Å²) in [6, 6.07) is 12.3. The van der Waals surface area contributed by atoms with Gasteiger partial charge in [-0.1, -0.05) is 29.5 Å². The molecule has 0 spiro atoms. The van der Waals surface area contributed by atoms with Gasteiger partial charge >= 0.3 is 0 Å². The summed E-state index contributed by atoms with van der Waals surface area (Å²) in [5.41, 5.74) is 0.221. The molecule has 26 heavy (non-hydrogen) atoms. The van der Waals surface area contributed by atoms with Gasteiger partial charge in [0.2, 0.25) is 0 Å². The van der Waals surface area contributed by atoms with Gasteiger partial charge in [-0.2, -0.15) is 0 Å². The van der Waals surface area contributed by atoms with Gasteiger partial charge < -0.3 is 15.7 Å². The normalized spacial score (nSPS) is 21.4. The lowest BCUT2D eigenvalue weighted by molar-refractivity contribution is -0.131. The maximum absolute atomic E-state index is 11.2. The molecule has 7 heteroatoms. The summed E-state index contributed by atoms with van der Waals surface area (Å²) in [4.78, 5) is 19.6. The highest BCUT2D eigenvalue weighted by atomic mass is 32.1. The largest absolute Gasteiger partial charge is 0.375 e. The van der Waals surface area contributed by atoms with Gasteiger partial charge in [-0.3, -0.25) is 4.79 Å². The number of aliphatic hydroxyl groups is 1. The molecule has 1 amide bonds. The van der Waals surface area contributed by atoms with E-state index in [2.05, 4.69) is 38.8 Å². The average molecular weight is 368 g/mol. The van der Waals surface area contributed by atoms with E-state index in [1.165, 1.54) is 30.9 Å². The first-order chi connectivity index (χ1) is 12.5. The Kier molecular flexibility index (Phi) is 4.34. The number of carbonyl (C=O) groups excluding carboxylic acids is 1. The van der Waals surface area contributed by atoms with Crippen LogP contribution in [0.25, 0.3) is 10.2 Å². The quantitative estimate of drug-likeness (QED) is 0.644. The number of fused-ring (bicyclic) bond motifs is 2. The third-order valence-corrected chi connectivity index (χ3v) is 5.70. The zero-order valence-corrected chi connectivity index (χ0v) is 15.2. The molecule has 134 valence electrons. The van der Waals surface area contributed by atoms with Crippen molar-refractivity contribution in [2.24, 2.45) is 0 Å². The van der Waals surface area contributed by atoms with Gasteiger partial charge in [0.05, 0.1) is 10.2 Å². The first-order valence-corrected chi connectivity index (χ1v) is 9.47. The van der Waals surface area contributed by atoms with Crippen molar-refractivity contribution in [2.45, 2.75) is 37.8 Å². The van der Waals surface area contributed by atoms with E-state index >= 15 is 0 Å². The molecule has 0 radical (unpaired) electrons. The fourth-order valence-electron chi connectivity index (χ4n) is 2.91. The first kappa shape index (κ1) is 16.9. The Morgan fingerprint density at radius 3 is 2.77 bits per heavy atom. The molecule has 1 fully saturated rings. The molecule has 1 aromatic carbocycles. The molecule has 0 bridgehead atoms. The Bertz CT molecular complexity index is 916. The van der Waals surface area contributed by atoms with E-state index in [0.717, 1.165) is 10.6 Å². The fraction of sp³-hybridized carbons (Fsp3) is 0.316. The van der Waals surface area contributed by atoms with Crippen LogP contribution in [0, 0.1) is 0 Å². The van der Waals surface area contributed by atoms with Crippen LogP contribution < -0.4 is 10.6 Å². The maximum Gasteiger partial charge on any atom is 0.261 e. The van der Waals surface area contributed by atoms with Crippen LogP contribution in [0.4, 0.5) is 10.9 Å². The highest BCUT2D eigenvalue weighted by molar-refractivity contribution is 7.22. The van der Waals surface area contributed by atoms with Crippen molar-refractivity contribution in [1.82, 2.24) is 9.97 Å². The molecule has 0 unspecified atom stereocenters. The molecule has 2 aliphatic rings. The molecule has 6 nitrogen and oxygen atoms in total. The lowest BCUT2D eigenvalue weighted by Crippen LogP contribution is -2.30. The smallest absolute Gasteiger partial charge is 0.261 e. The minimum atomic E-state index is -1.43. The number of pyridine rings is 1. The molecule has 2 aromatic heterocycles. The van der Waals surface area contributed by atoms with Crippen molar-refractivity contribution < 1.29 is 9.90 Å². The number of amides is 1. The number of benzene rings is 1. The molecule has 5 rings (SSSR count). The third-order valence-electron chi connectivity index (χ3n) is 4.73. The summed E-state index contributed by atoms with van der Waals surface area (Å²) in [6.45, 7) is 1.45. The van der Waals surface area contributed by atoms with Crippen LogP contribution in [-0.4, -0.2) is 27.0 Å². The van der Waals surface area contributed by atoms with Crippen molar-refractivity contribution in [3.05, 3.63) is 48.2 Å². The van der Waals surface area contributed by atoms with Crippen molar-refractivity contribution >= 4 is 38.4 Å². The van der Waals surface area contributed by atoms with Crippen LogP contribution in [0.15, 0.2) is 42.6 Å². The van der Waals surface area contributed by atoms with Crippen LogP contribution in [-0.2, 0) is 10.4 Å². The number of para-hydroxylation sites is 1. The average Bonchev–Trinajstić information content (AvgIpc) is 3.11. The van der Waals surface area contributed by atoms with E-state index < -0.39 is 11.5 Å². The molecule has 3 aromatic rings. The molecule has 1 aliphatic heterocycles. The SMILES string of the molecule is C[C@]1(O)C(=O)Nc2ncccc21.c1ccc2sc(NC3CCC3)nc2c1. The van der Waals surface area contributed by atoms with Crippen LogP contribution in [0.5, 0.6) is 0 Å². The Morgan fingerprint density at radius 2 is 2.08 bits per heavy atom. The number of nitrogens with one attached hydrogen (secondary N) is 2. The van der Waals surface area contributed by atoms with Gasteiger partial charge in [-0.05, 0) is 44.4 Å². The third kappa shape index (κ3) is 3.15. The second-order valence-corrected chi connectivity index (χ2v) is 7.72. The van der Waals surface area contributed by atoms with Gasteiger partial charge in [0.1, 0.15) is 5.82 Å². The molecular formula is C19H20N4O2S. The Hall–Kier alpha value is -2.51. The standard InChI is InChI=1S/C11H12N2S.C8H8N2O2/c1-2-7-10-9(6-1)13-11(14-10)12-8-4-3-5-8;1-8(12)5-3-2-4-9-6(5)10-7(8)11/h1-2,6-8H,3-5H2,(H,12,13);2-4,12H,1H3,(H,9,10,11)/t;8-/m.1/s1. The lowest BCUT2D eigenvalue weighted by atomic mass is 9.93. The van der Waals surface area contributed by atoms with Gasteiger partial charge in [-0.25, -0.2) is 9.97 Å². The van der Waals surface area contributed by atoms with Crippen LogP contribution in [0.2, 0.25) is 0 Å². The summed E-state index contributed by atoms with van der Waals surface area (Å²) >= 11 is 1.75. The zero-order valence-electron chi connectivity index (χ0n) is 14.4. The Labute approximate surface area is 155 Å². The summed E-state index contributed by atoms with van der Waals surface area (Å²) in [6.07, 6.45) is 5.54. The van der Waals surface area contributed by atoms with Gasteiger partial charge in [0, 0.05) is 17.8 Å². The molecule has 1 atom stereocenters. The summed E-state index contributed by atoms with van der Waals surface area (Å²) in [5, 5.41) is 16.7. The number of anilines is 2. The highest BCUT2D eigenvalue weighted by Gasteiger charge is 2.41. The number of hydrogen-bond acceptors (Lipinski definition) is 6. The number of nitrogens with zero attached hydrogens (tertiary/aromatic N) is 2. The van der Waals surface area contributed by atoms with E-state index in [-0.39, 0.29) is 0 Å². The van der Waals surface area contributed by atoms with Gasteiger partial charge in [0.25, 0.3) is 5.91 Å².